The maximum atomic E-state index is 13.0. The molecule has 1 saturated heterocycles. The van der Waals surface area contributed by atoms with Crippen molar-refractivity contribution in [1.29, 1.82) is 0 Å². The fourth-order valence-corrected chi connectivity index (χ4v) is 4.67. The highest BCUT2D eigenvalue weighted by Crippen LogP contribution is 2.21. The van der Waals surface area contributed by atoms with Crippen LogP contribution in [-0.2, 0) is 11.3 Å². The number of amides is 1. The number of piperazine rings is 1. The summed E-state index contributed by atoms with van der Waals surface area (Å²) in [7, 11) is 0. The van der Waals surface area contributed by atoms with Crippen molar-refractivity contribution in [2.45, 2.75) is 13.5 Å². The number of likely N-dealkylation sites (N-methyl/N-ethyl adjacent to an activating group) is 1. The Labute approximate surface area is 193 Å². The summed E-state index contributed by atoms with van der Waals surface area (Å²) in [6.07, 6.45) is 0. The number of fused-ring (bicyclic) bond motifs is 2. The molecule has 1 aliphatic heterocycles. The van der Waals surface area contributed by atoms with Crippen molar-refractivity contribution < 1.29 is 4.79 Å². The molecule has 0 saturated carbocycles. The number of pyridine rings is 1. The third-order valence-electron chi connectivity index (χ3n) is 6.52. The van der Waals surface area contributed by atoms with E-state index in [1.165, 1.54) is 5.69 Å². The average Bonchev–Trinajstić information content (AvgIpc) is 2.87. The van der Waals surface area contributed by atoms with Gasteiger partial charge in [-0.2, -0.15) is 0 Å². The van der Waals surface area contributed by atoms with E-state index in [4.69, 9.17) is 0 Å². The summed E-state index contributed by atoms with van der Waals surface area (Å²) in [5.41, 5.74) is 3.47. The molecule has 1 aromatic heterocycles. The summed E-state index contributed by atoms with van der Waals surface area (Å²) >= 11 is 0. The van der Waals surface area contributed by atoms with Crippen LogP contribution in [0.5, 0.6) is 0 Å². The average molecular weight is 441 g/mol. The molecule has 0 unspecified atom stereocenters. The molecule has 6 nitrogen and oxygen atoms in total. The standard InChI is InChI=1S/C27H28N4O2/c1-2-29-15-17-30(18-16-29)21-13-11-20(12-14-21)28-26(32)19-31-24-9-5-3-7-22(24)27(33)23-8-4-6-10-25(23)31/h3-14H,2,15-19H2,1H3,(H,28,32). The highest BCUT2D eigenvalue weighted by molar-refractivity contribution is 5.97. The van der Waals surface area contributed by atoms with Crippen molar-refractivity contribution >= 4 is 39.1 Å². The first-order chi connectivity index (χ1) is 16.1. The van der Waals surface area contributed by atoms with Gasteiger partial charge in [0.2, 0.25) is 5.91 Å². The van der Waals surface area contributed by atoms with E-state index in [1.807, 2.05) is 65.2 Å². The van der Waals surface area contributed by atoms with Gasteiger partial charge in [0.1, 0.15) is 6.54 Å². The normalized spacial score (nSPS) is 14.6. The number of anilines is 2. The van der Waals surface area contributed by atoms with E-state index in [0.29, 0.717) is 10.8 Å². The molecular formula is C27H28N4O2. The molecule has 0 bridgehead atoms. The van der Waals surface area contributed by atoms with Gasteiger partial charge in [-0.15, -0.1) is 0 Å². The van der Waals surface area contributed by atoms with E-state index in [-0.39, 0.29) is 17.9 Å². The molecule has 1 N–H and O–H groups in total. The zero-order valence-corrected chi connectivity index (χ0v) is 18.8. The van der Waals surface area contributed by atoms with Crippen LogP contribution in [0.3, 0.4) is 0 Å². The smallest absolute Gasteiger partial charge is 0.244 e. The Hall–Kier alpha value is -3.64. The Morgan fingerprint density at radius 2 is 1.39 bits per heavy atom. The number of para-hydroxylation sites is 2. The first kappa shape index (κ1) is 21.2. The lowest BCUT2D eigenvalue weighted by molar-refractivity contribution is -0.116. The molecule has 1 aliphatic rings. The molecule has 1 fully saturated rings. The molecule has 6 heteroatoms. The van der Waals surface area contributed by atoms with Gasteiger partial charge in [0.15, 0.2) is 5.43 Å². The van der Waals surface area contributed by atoms with Crippen LogP contribution in [0.25, 0.3) is 21.8 Å². The Bertz CT molecular complexity index is 1290. The molecule has 33 heavy (non-hydrogen) atoms. The molecular weight excluding hydrogens is 412 g/mol. The Kier molecular flexibility index (Phi) is 5.84. The number of nitrogens with zero attached hydrogens (tertiary/aromatic N) is 3. The molecule has 3 aromatic carbocycles. The lowest BCUT2D eigenvalue weighted by Crippen LogP contribution is -2.46. The van der Waals surface area contributed by atoms with E-state index in [0.717, 1.165) is 49.4 Å². The second-order valence-corrected chi connectivity index (χ2v) is 8.47. The lowest BCUT2D eigenvalue weighted by atomic mass is 10.1. The second kappa shape index (κ2) is 9.08. The zero-order chi connectivity index (χ0) is 22.8. The summed E-state index contributed by atoms with van der Waals surface area (Å²) in [5, 5.41) is 4.26. The van der Waals surface area contributed by atoms with Crippen LogP contribution in [0, 0.1) is 0 Å². The van der Waals surface area contributed by atoms with Crippen molar-refractivity contribution in [3.05, 3.63) is 83.0 Å². The van der Waals surface area contributed by atoms with E-state index >= 15 is 0 Å². The van der Waals surface area contributed by atoms with E-state index in [9.17, 15) is 9.59 Å². The minimum atomic E-state index is -0.127. The number of rotatable bonds is 5. The number of benzene rings is 3. The van der Waals surface area contributed by atoms with Gasteiger partial charge in [-0.25, -0.2) is 0 Å². The van der Waals surface area contributed by atoms with Crippen LogP contribution in [0.4, 0.5) is 11.4 Å². The Morgan fingerprint density at radius 1 is 0.818 bits per heavy atom. The third-order valence-corrected chi connectivity index (χ3v) is 6.52. The van der Waals surface area contributed by atoms with E-state index in [2.05, 4.69) is 34.2 Å². The largest absolute Gasteiger partial charge is 0.369 e. The first-order valence-electron chi connectivity index (χ1n) is 11.5. The number of hydrogen-bond acceptors (Lipinski definition) is 4. The summed E-state index contributed by atoms with van der Waals surface area (Å²) in [4.78, 5) is 30.7. The maximum absolute atomic E-state index is 13.0. The van der Waals surface area contributed by atoms with Crippen LogP contribution >= 0.6 is 0 Å². The summed E-state index contributed by atoms with van der Waals surface area (Å²) in [6.45, 7) is 7.62. The van der Waals surface area contributed by atoms with E-state index < -0.39 is 0 Å². The van der Waals surface area contributed by atoms with Gasteiger partial charge in [-0.05, 0) is 55.1 Å². The molecule has 0 radical (unpaired) electrons. The number of aromatic nitrogens is 1. The van der Waals surface area contributed by atoms with Crippen molar-refractivity contribution in [2.24, 2.45) is 0 Å². The highest BCUT2D eigenvalue weighted by Gasteiger charge is 2.16. The van der Waals surface area contributed by atoms with Gasteiger partial charge < -0.3 is 19.7 Å². The Balaban J connectivity index is 1.35. The minimum Gasteiger partial charge on any atom is -0.369 e. The monoisotopic (exact) mass is 440 g/mol. The molecule has 2 heterocycles. The quantitative estimate of drug-likeness (QED) is 0.478. The summed E-state index contributed by atoms with van der Waals surface area (Å²) < 4.78 is 1.92. The fourth-order valence-electron chi connectivity index (χ4n) is 4.67. The van der Waals surface area contributed by atoms with Gasteiger partial charge in [0.25, 0.3) is 0 Å². The minimum absolute atomic E-state index is 0.00628. The van der Waals surface area contributed by atoms with Gasteiger partial charge in [-0.3, -0.25) is 9.59 Å². The zero-order valence-electron chi connectivity index (χ0n) is 18.8. The topological polar surface area (TPSA) is 57.6 Å². The third kappa shape index (κ3) is 4.22. The van der Waals surface area contributed by atoms with Gasteiger partial charge in [0.05, 0.1) is 11.0 Å². The number of hydrogen-bond donors (Lipinski definition) is 1. The van der Waals surface area contributed by atoms with Gasteiger partial charge in [-0.1, -0.05) is 31.2 Å². The number of carbonyl (C=O) groups is 1. The SMILES string of the molecule is CCN1CCN(c2ccc(NC(=O)Cn3c4ccccc4c(=O)c4ccccc43)cc2)CC1. The van der Waals surface area contributed by atoms with Crippen LogP contribution < -0.4 is 15.6 Å². The fraction of sp³-hybridized carbons (Fsp3) is 0.259. The van der Waals surface area contributed by atoms with Crippen LogP contribution in [0.2, 0.25) is 0 Å². The first-order valence-corrected chi connectivity index (χ1v) is 11.5. The van der Waals surface area contributed by atoms with Crippen molar-refractivity contribution in [2.75, 3.05) is 42.9 Å². The molecule has 0 aliphatic carbocycles. The summed E-state index contributed by atoms with van der Waals surface area (Å²) in [6, 6.07) is 23.0. The highest BCUT2D eigenvalue weighted by atomic mass is 16.2. The second-order valence-electron chi connectivity index (χ2n) is 8.47. The molecule has 168 valence electrons. The maximum Gasteiger partial charge on any atom is 0.244 e. The molecule has 1 amide bonds. The van der Waals surface area contributed by atoms with Gasteiger partial charge >= 0.3 is 0 Å². The number of nitrogens with one attached hydrogen (secondary N) is 1. The summed E-state index contributed by atoms with van der Waals surface area (Å²) in [5.74, 6) is -0.127. The molecule has 5 rings (SSSR count). The van der Waals surface area contributed by atoms with Crippen LogP contribution in [0.15, 0.2) is 77.6 Å². The van der Waals surface area contributed by atoms with E-state index in [1.54, 1.807) is 0 Å². The van der Waals surface area contributed by atoms with Crippen LogP contribution in [-0.4, -0.2) is 48.1 Å². The molecule has 0 atom stereocenters. The lowest BCUT2D eigenvalue weighted by Gasteiger charge is -2.35. The Morgan fingerprint density at radius 3 is 1.97 bits per heavy atom. The van der Waals surface area contributed by atoms with Crippen molar-refractivity contribution in [3.63, 3.8) is 0 Å². The molecule has 4 aromatic rings. The van der Waals surface area contributed by atoms with Crippen molar-refractivity contribution in [1.82, 2.24) is 9.47 Å². The van der Waals surface area contributed by atoms with Crippen molar-refractivity contribution in [3.8, 4) is 0 Å². The molecule has 0 spiro atoms. The predicted octanol–water partition coefficient (Wildman–Crippen LogP) is 3.94. The van der Waals surface area contributed by atoms with Crippen LogP contribution in [0.1, 0.15) is 6.92 Å². The number of carbonyl (C=O) groups excluding carboxylic acids is 1. The predicted molar refractivity (Wildman–Crippen MR) is 135 cm³/mol. The van der Waals surface area contributed by atoms with Gasteiger partial charge in [0, 0.05) is 48.3 Å².